The van der Waals surface area contributed by atoms with Gasteiger partial charge < -0.3 is 33.8 Å². The highest BCUT2D eigenvalue weighted by molar-refractivity contribution is 7.47. The molecule has 0 aliphatic heterocycles. The lowest BCUT2D eigenvalue weighted by Gasteiger charge is -2.21. The molecule has 19 heteroatoms. The molecule has 0 rings (SSSR count). The van der Waals surface area contributed by atoms with E-state index in [-0.39, 0.29) is 25.7 Å². The second kappa shape index (κ2) is 71.1. The molecule has 0 saturated heterocycles. The van der Waals surface area contributed by atoms with Crippen LogP contribution in [0.3, 0.4) is 0 Å². The Morgan fingerprint density at radius 2 is 0.474 bits per heavy atom. The van der Waals surface area contributed by atoms with Crippen molar-refractivity contribution in [1.82, 2.24) is 0 Å². The van der Waals surface area contributed by atoms with Crippen molar-refractivity contribution in [2.24, 2.45) is 5.92 Å². The van der Waals surface area contributed by atoms with Gasteiger partial charge in [0.05, 0.1) is 26.4 Å². The fraction of sp³-hybridized carbons (Fsp3) is 0.949. The molecule has 0 bridgehead atoms. The molecular formula is C78H152O17P2. The van der Waals surface area contributed by atoms with Gasteiger partial charge in [-0.3, -0.25) is 37.3 Å². The van der Waals surface area contributed by atoms with E-state index in [0.717, 1.165) is 95.8 Å². The number of carbonyl (C=O) groups excluding carboxylic acids is 4. The predicted octanol–water partition coefficient (Wildman–Crippen LogP) is 23.3. The Balaban J connectivity index is 5.25. The van der Waals surface area contributed by atoms with E-state index >= 15 is 0 Å². The minimum atomic E-state index is -4.96. The molecule has 0 radical (unpaired) electrons. The summed E-state index contributed by atoms with van der Waals surface area (Å²) in [5.41, 5.74) is 0. The fourth-order valence-corrected chi connectivity index (χ4v) is 13.6. The van der Waals surface area contributed by atoms with Crippen LogP contribution in [0.4, 0.5) is 0 Å². The number of esters is 4. The van der Waals surface area contributed by atoms with Gasteiger partial charge in [-0.05, 0) is 31.6 Å². The summed E-state index contributed by atoms with van der Waals surface area (Å²) in [4.78, 5) is 72.9. The largest absolute Gasteiger partial charge is 0.472 e. The Morgan fingerprint density at radius 3 is 0.701 bits per heavy atom. The predicted molar refractivity (Wildman–Crippen MR) is 395 cm³/mol. The van der Waals surface area contributed by atoms with Crippen LogP contribution in [0, 0.1) is 5.92 Å². The van der Waals surface area contributed by atoms with Crippen molar-refractivity contribution in [3.63, 3.8) is 0 Å². The van der Waals surface area contributed by atoms with Crippen LogP contribution in [0.15, 0.2) is 0 Å². The van der Waals surface area contributed by atoms with Crippen LogP contribution in [0.1, 0.15) is 413 Å². The van der Waals surface area contributed by atoms with E-state index in [2.05, 4.69) is 34.6 Å². The standard InChI is InChI=1S/C78H152O17P2/c1-6-9-12-15-18-21-24-26-28-33-37-42-47-52-57-62-76(81)89-68-74(95-78(83)64-59-54-49-44-39-34-30-27-29-32-36-40-45-50-55-60-71(4)5)70-93-97(86,87)91-66-72(79)65-90-96(84,85)92-69-73(67-88-75(80)61-56-51-46-41-35-23-20-17-14-11-8-3)94-77(82)63-58-53-48-43-38-31-25-22-19-16-13-10-7-2/h71-74,79H,6-70H2,1-5H3,(H,84,85)(H,86,87)/t72-,73+,74+/m0/s1. The lowest BCUT2D eigenvalue weighted by molar-refractivity contribution is -0.161. The molecule has 0 aliphatic carbocycles. The van der Waals surface area contributed by atoms with Crippen molar-refractivity contribution in [2.75, 3.05) is 39.6 Å². The number of carbonyl (C=O) groups is 4. The first-order chi connectivity index (χ1) is 47.0. The highest BCUT2D eigenvalue weighted by Crippen LogP contribution is 2.45. The van der Waals surface area contributed by atoms with Crippen LogP contribution in [0.25, 0.3) is 0 Å². The van der Waals surface area contributed by atoms with Crippen LogP contribution >= 0.6 is 15.6 Å². The molecular weight excluding hydrogens is 1270 g/mol. The molecule has 0 spiro atoms. The second-order valence-electron chi connectivity index (χ2n) is 28.6. The highest BCUT2D eigenvalue weighted by Gasteiger charge is 2.30. The first kappa shape index (κ1) is 95.1. The zero-order valence-corrected chi connectivity index (χ0v) is 65.0. The Hall–Kier alpha value is -1.94. The molecule has 0 aromatic carbocycles. The maximum absolute atomic E-state index is 13.1. The number of hydrogen-bond acceptors (Lipinski definition) is 15. The van der Waals surface area contributed by atoms with Crippen molar-refractivity contribution < 1.29 is 80.2 Å². The van der Waals surface area contributed by atoms with Crippen molar-refractivity contribution >= 4 is 39.5 Å². The first-order valence-corrected chi connectivity index (χ1v) is 43.6. The maximum Gasteiger partial charge on any atom is 0.472 e. The van der Waals surface area contributed by atoms with E-state index in [0.29, 0.717) is 25.7 Å². The Bertz CT molecular complexity index is 1860. The molecule has 17 nitrogen and oxygen atoms in total. The molecule has 2 unspecified atom stereocenters. The summed E-state index contributed by atoms with van der Waals surface area (Å²) >= 11 is 0. The molecule has 0 aromatic heterocycles. The van der Waals surface area contributed by atoms with E-state index in [1.807, 2.05) is 0 Å². The number of phosphoric ester groups is 2. The monoisotopic (exact) mass is 1420 g/mol. The summed E-state index contributed by atoms with van der Waals surface area (Å²) in [6.07, 6.45) is 60.8. The summed E-state index contributed by atoms with van der Waals surface area (Å²) in [6, 6.07) is 0. The third kappa shape index (κ3) is 72.2. The van der Waals surface area contributed by atoms with Gasteiger partial charge in [0.1, 0.15) is 19.3 Å². The Kier molecular flexibility index (Phi) is 69.6. The summed E-state index contributed by atoms with van der Waals surface area (Å²) in [5.74, 6) is -1.30. The van der Waals surface area contributed by atoms with E-state index in [1.54, 1.807) is 0 Å². The molecule has 97 heavy (non-hydrogen) atoms. The summed E-state index contributed by atoms with van der Waals surface area (Å²) in [5, 5.41) is 10.6. The normalized spacial score (nSPS) is 13.9. The molecule has 0 amide bonds. The topological polar surface area (TPSA) is 237 Å². The van der Waals surface area contributed by atoms with Gasteiger partial charge in [0.2, 0.25) is 0 Å². The third-order valence-corrected chi connectivity index (χ3v) is 20.2. The average molecular weight is 1420 g/mol. The van der Waals surface area contributed by atoms with Gasteiger partial charge in [0.25, 0.3) is 0 Å². The lowest BCUT2D eigenvalue weighted by atomic mass is 10.0. The SMILES string of the molecule is CCCCCCCCCCCCCCCCCC(=O)OC[C@H](COP(=O)(O)OC[C@@H](O)COP(=O)(O)OC[C@@H](COC(=O)CCCCCCCCCCCCC)OC(=O)CCCCCCCCCCCCCCC)OC(=O)CCCCCCCCCCCCCCCCCC(C)C. The van der Waals surface area contributed by atoms with Crippen molar-refractivity contribution in [3.8, 4) is 0 Å². The number of hydrogen-bond donors (Lipinski definition) is 3. The van der Waals surface area contributed by atoms with Gasteiger partial charge in [0.15, 0.2) is 12.2 Å². The lowest BCUT2D eigenvalue weighted by Crippen LogP contribution is -2.30. The van der Waals surface area contributed by atoms with Crippen molar-refractivity contribution in [1.29, 1.82) is 0 Å². The Labute approximate surface area is 594 Å². The Morgan fingerprint density at radius 1 is 0.278 bits per heavy atom. The average Bonchev–Trinajstić information content (AvgIpc) is 1.22. The summed E-state index contributed by atoms with van der Waals surface area (Å²) in [7, 11) is -9.91. The maximum atomic E-state index is 13.1. The number of aliphatic hydroxyl groups is 1. The van der Waals surface area contributed by atoms with Crippen LogP contribution in [0.2, 0.25) is 0 Å². The smallest absolute Gasteiger partial charge is 0.462 e. The van der Waals surface area contributed by atoms with Gasteiger partial charge in [-0.15, -0.1) is 0 Å². The number of rotatable bonds is 78. The molecule has 0 saturated carbocycles. The first-order valence-electron chi connectivity index (χ1n) is 40.6. The number of ether oxygens (including phenoxy) is 4. The molecule has 0 aromatic rings. The van der Waals surface area contributed by atoms with Gasteiger partial charge in [-0.1, -0.05) is 362 Å². The quantitative estimate of drug-likeness (QED) is 0.0222. The van der Waals surface area contributed by atoms with E-state index in [9.17, 15) is 43.2 Å². The van der Waals surface area contributed by atoms with E-state index in [1.165, 1.54) is 238 Å². The van der Waals surface area contributed by atoms with Crippen molar-refractivity contribution in [3.05, 3.63) is 0 Å². The zero-order valence-electron chi connectivity index (χ0n) is 63.2. The second-order valence-corrected chi connectivity index (χ2v) is 31.5. The third-order valence-electron chi connectivity index (χ3n) is 18.3. The summed E-state index contributed by atoms with van der Waals surface area (Å²) in [6.45, 7) is 7.34. The van der Waals surface area contributed by atoms with E-state index < -0.39 is 97.5 Å². The number of phosphoric acid groups is 2. The molecule has 0 heterocycles. The molecule has 0 fully saturated rings. The fourth-order valence-electron chi connectivity index (χ4n) is 12.1. The van der Waals surface area contributed by atoms with Crippen LogP contribution in [-0.2, 0) is 65.4 Å². The molecule has 576 valence electrons. The van der Waals surface area contributed by atoms with Crippen LogP contribution in [0.5, 0.6) is 0 Å². The van der Waals surface area contributed by atoms with Gasteiger partial charge >= 0.3 is 39.5 Å². The van der Waals surface area contributed by atoms with Gasteiger partial charge in [-0.2, -0.15) is 0 Å². The zero-order chi connectivity index (χ0) is 71.2. The molecule has 5 atom stereocenters. The van der Waals surface area contributed by atoms with Gasteiger partial charge in [-0.25, -0.2) is 9.13 Å². The highest BCUT2D eigenvalue weighted by atomic mass is 31.2. The number of aliphatic hydroxyl groups excluding tert-OH is 1. The van der Waals surface area contributed by atoms with Crippen LogP contribution in [-0.4, -0.2) is 96.7 Å². The van der Waals surface area contributed by atoms with Crippen LogP contribution < -0.4 is 0 Å². The van der Waals surface area contributed by atoms with Crippen molar-refractivity contribution in [2.45, 2.75) is 432 Å². The van der Waals surface area contributed by atoms with E-state index in [4.69, 9.17) is 37.0 Å². The molecule has 0 aliphatic rings. The molecule has 3 N–H and O–H groups in total. The minimum absolute atomic E-state index is 0.108. The number of unbranched alkanes of at least 4 members (excludes halogenated alkanes) is 50. The van der Waals surface area contributed by atoms with Gasteiger partial charge in [0, 0.05) is 25.7 Å². The minimum Gasteiger partial charge on any atom is -0.462 e. The summed E-state index contributed by atoms with van der Waals surface area (Å²) < 4.78 is 68.6.